The molecule has 0 aromatic carbocycles. The van der Waals surface area contributed by atoms with E-state index in [-0.39, 0.29) is 11.6 Å². The van der Waals surface area contributed by atoms with Crippen LogP contribution in [0.4, 0.5) is 0 Å². The van der Waals surface area contributed by atoms with Crippen LogP contribution in [0.5, 0.6) is 0 Å². The highest BCUT2D eigenvalue weighted by molar-refractivity contribution is 7.91. The number of pyridine rings is 2. The summed E-state index contributed by atoms with van der Waals surface area (Å²) in [6, 6.07) is 4.26. The SMILES string of the molecule is O=S(=O)(CC=CC1CCC(c2cc[nH]c3cnc4nccc4c23)CC1)CNCC1CC1. The molecule has 164 valence electrons. The summed E-state index contributed by atoms with van der Waals surface area (Å²) >= 11 is 0. The summed E-state index contributed by atoms with van der Waals surface area (Å²) in [6.45, 7) is 0.835. The quantitative estimate of drug-likeness (QED) is 0.512. The van der Waals surface area contributed by atoms with Gasteiger partial charge in [0.2, 0.25) is 0 Å². The van der Waals surface area contributed by atoms with Crippen LogP contribution in [0, 0.1) is 11.8 Å². The molecule has 0 radical (unpaired) electrons. The average Bonchev–Trinajstić information content (AvgIpc) is 3.46. The Labute approximate surface area is 183 Å². The van der Waals surface area contributed by atoms with Gasteiger partial charge in [-0.15, -0.1) is 0 Å². The molecule has 6 nitrogen and oxygen atoms in total. The minimum absolute atomic E-state index is 0.0958. The molecular formula is C24H30N4O2S. The zero-order valence-electron chi connectivity index (χ0n) is 17.8. The summed E-state index contributed by atoms with van der Waals surface area (Å²) in [4.78, 5) is 12.1. The van der Waals surface area contributed by atoms with Crippen LogP contribution >= 0.6 is 0 Å². The first-order valence-electron chi connectivity index (χ1n) is 11.4. The van der Waals surface area contributed by atoms with Gasteiger partial charge in [-0.1, -0.05) is 12.2 Å². The van der Waals surface area contributed by atoms with Gasteiger partial charge in [0, 0.05) is 23.2 Å². The summed E-state index contributed by atoms with van der Waals surface area (Å²) in [5.41, 5.74) is 3.24. The van der Waals surface area contributed by atoms with E-state index in [1.54, 1.807) is 0 Å². The zero-order valence-corrected chi connectivity index (χ0v) is 18.6. The van der Waals surface area contributed by atoms with E-state index in [0.717, 1.165) is 48.8 Å². The Bertz CT molecular complexity index is 1190. The van der Waals surface area contributed by atoms with Crippen molar-refractivity contribution < 1.29 is 8.42 Å². The maximum Gasteiger partial charge on any atom is 0.166 e. The number of H-pyrrole nitrogens is 1. The third-order valence-electron chi connectivity index (χ3n) is 6.75. The van der Waals surface area contributed by atoms with Gasteiger partial charge in [0.25, 0.3) is 0 Å². The van der Waals surface area contributed by atoms with Crippen molar-refractivity contribution in [1.29, 1.82) is 0 Å². The van der Waals surface area contributed by atoms with Gasteiger partial charge in [0.05, 0.1) is 23.3 Å². The van der Waals surface area contributed by atoms with Crippen molar-refractivity contribution in [3.05, 3.63) is 48.4 Å². The molecule has 7 heteroatoms. The lowest BCUT2D eigenvalue weighted by atomic mass is 9.77. The minimum atomic E-state index is -3.06. The lowest BCUT2D eigenvalue weighted by molar-refractivity contribution is 0.377. The van der Waals surface area contributed by atoms with E-state index < -0.39 is 9.84 Å². The second-order valence-electron chi connectivity index (χ2n) is 9.15. The third-order valence-corrected chi connectivity index (χ3v) is 8.09. The van der Waals surface area contributed by atoms with Crippen molar-refractivity contribution in [2.45, 2.75) is 44.4 Å². The van der Waals surface area contributed by atoms with E-state index in [0.29, 0.717) is 17.8 Å². The highest BCUT2D eigenvalue weighted by Gasteiger charge is 2.24. The molecule has 0 saturated heterocycles. The monoisotopic (exact) mass is 438 g/mol. The van der Waals surface area contributed by atoms with Crippen LogP contribution in [0.1, 0.15) is 50.0 Å². The number of nitrogens with one attached hydrogen (secondary N) is 2. The van der Waals surface area contributed by atoms with Crippen LogP contribution in [-0.2, 0) is 9.84 Å². The summed E-state index contributed by atoms with van der Waals surface area (Å²) in [5.74, 6) is 1.91. The average molecular weight is 439 g/mol. The Balaban J connectivity index is 1.20. The predicted molar refractivity (Wildman–Crippen MR) is 125 cm³/mol. The molecule has 2 N–H and O–H groups in total. The number of aromatic amines is 1. The van der Waals surface area contributed by atoms with E-state index in [2.05, 4.69) is 38.5 Å². The van der Waals surface area contributed by atoms with Gasteiger partial charge in [-0.05, 0) is 80.5 Å². The number of hydrogen-bond acceptors (Lipinski definition) is 5. The normalized spacial score (nSPS) is 22.6. The number of rotatable bonds is 8. The maximum atomic E-state index is 12.2. The van der Waals surface area contributed by atoms with Gasteiger partial charge in [0.1, 0.15) is 0 Å². The summed E-state index contributed by atoms with van der Waals surface area (Å²) in [7, 11) is -3.06. The Kier molecular flexibility index (Phi) is 5.80. The molecule has 3 aromatic heterocycles. The summed E-state index contributed by atoms with van der Waals surface area (Å²) in [5, 5.41) is 5.45. The molecule has 0 bridgehead atoms. The highest BCUT2D eigenvalue weighted by atomic mass is 32.2. The largest absolute Gasteiger partial charge is 0.360 e. The molecule has 3 aromatic rings. The Morgan fingerprint density at radius 1 is 1.10 bits per heavy atom. The maximum absolute atomic E-state index is 12.2. The van der Waals surface area contributed by atoms with Crippen LogP contribution in [0.15, 0.2) is 42.9 Å². The van der Waals surface area contributed by atoms with Gasteiger partial charge >= 0.3 is 0 Å². The standard InChI is InChI=1S/C24H30N4O2S/c29-31(30,16-25-14-18-3-4-18)13-1-2-17-5-7-19(8-6-17)20-9-11-26-22-15-28-24-21(23(20)22)10-12-27-24/h1-2,9-12,15,17-19,25-26H,3-8,13-14,16H2. The van der Waals surface area contributed by atoms with E-state index >= 15 is 0 Å². The Morgan fingerprint density at radius 2 is 1.94 bits per heavy atom. The second kappa shape index (κ2) is 8.71. The van der Waals surface area contributed by atoms with Crippen molar-refractivity contribution >= 4 is 31.8 Å². The Morgan fingerprint density at radius 3 is 2.74 bits per heavy atom. The van der Waals surface area contributed by atoms with Gasteiger partial charge in [0.15, 0.2) is 15.5 Å². The van der Waals surface area contributed by atoms with Crippen LogP contribution in [0.2, 0.25) is 0 Å². The number of fused-ring (bicyclic) bond motifs is 3. The molecule has 2 saturated carbocycles. The first-order valence-corrected chi connectivity index (χ1v) is 13.2. The molecule has 2 aliphatic rings. The lowest BCUT2D eigenvalue weighted by Gasteiger charge is -2.28. The molecule has 2 fully saturated rings. The number of allylic oxidation sites excluding steroid dienone is 1. The summed E-state index contributed by atoms with van der Waals surface area (Å²) < 4.78 is 24.4. The third kappa shape index (κ3) is 4.83. The first-order chi connectivity index (χ1) is 15.1. The molecule has 0 aliphatic heterocycles. The number of hydrogen-bond donors (Lipinski definition) is 2. The Hall–Kier alpha value is -2.25. The van der Waals surface area contributed by atoms with Gasteiger partial charge < -0.3 is 10.3 Å². The van der Waals surface area contributed by atoms with Gasteiger partial charge in [-0.25, -0.2) is 18.4 Å². The van der Waals surface area contributed by atoms with Crippen LogP contribution in [0.3, 0.4) is 0 Å². The lowest BCUT2D eigenvalue weighted by Crippen LogP contribution is -2.26. The number of aromatic nitrogens is 3. The fourth-order valence-electron chi connectivity index (χ4n) is 4.84. The molecule has 0 atom stereocenters. The highest BCUT2D eigenvalue weighted by Crippen LogP contribution is 2.40. The first kappa shape index (κ1) is 20.6. The second-order valence-corrected chi connectivity index (χ2v) is 11.3. The molecule has 0 unspecified atom stereocenters. The van der Waals surface area contributed by atoms with Crippen LogP contribution in [-0.4, -0.2) is 41.5 Å². The van der Waals surface area contributed by atoms with E-state index in [1.807, 2.05) is 24.7 Å². The summed E-state index contributed by atoms with van der Waals surface area (Å²) in [6.07, 6.45) is 16.6. The van der Waals surface area contributed by atoms with Gasteiger partial charge in [-0.3, -0.25) is 0 Å². The molecule has 0 amide bonds. The fourth-order valence-corrected chi connectivity index (χ4v) is 5.79. The fraction of sp³-hybridized carbons (Fsp3) is 0.500. The predicted octanol–water partition coefficient (Wildman–Crippen LogP) is 4.31. The van der Waals surface area contributed by atoms with Crippen LogP contribution in [0.25, 0.3) is 21.9 Å². The number of sulfone groups is 1. The van der Waals surface area contributed by atoms with Gasteiger partial charge in [-0.2, -0.15) is 0 Å². The smallest absolute Gasteiger partial charge is 0.166 e. The topological polar surface area (TPSA) is 87.7 Å². The van der Waals surface area contributed by atoms with E-state index in [1.165, 1.54) is 23.8 Å². The molecular weight excluding hydrogens is 408 g/mol. The van der Waals surface area contributed by atoms with Crippen molar-refractivity contribution in [1.82, 2.24) is 20.3 Å². The van der Waals surface area contributed by atoms with Crippen molar-refractivity contribution in [3.63, 3.8) is 0 Å². The zero-order chi connectivity index (χ0) is 21.3. The van der Waals surface area contributed by atoms with Crippen molar-refractivity contribution in [2.24, 2.45) is 11.8 Å². The van der Waals surface area contributed by atoms with E-state index in [9.17, 15) is 8.42 Å². The minimum Gasteiger partial charge on any atom is -0.360 e. The molecule has 0 spiro atoms. The number of nitrogens with zero attached hydrogens (tertiary/aromatic N) is 2. The molecule has 5 rings (SSSR count). The van der Waals surface area contributed by atoms with Crippen LogP contribution < -0.4 is 5.32 Å². The molecule has 3 heterocycles. The van der Waals surface area contributed by atoms with E-state index in [4.69, 9.17) is 0 Å². The van der Waals surface area contributed by atoms with Crippen molar-refractivity contribution in [3.8, 4) is 0 Å². The molecule has 31 heavy (non-hydrogen) atoms. The van der Waals surface area contributed by atoms with Crippen molar-refractivity contribution in [2.75, 3.05) is 18.2 Å². The molecule has 2 aliphatic carbocycles.